The van der Waals surface area contributed by atoms with Crippen molar-refractivity contribution in [2.45, 2.75) is 24.8 Å². The molecule has 0 bridgehead atoms. The first-order chi connectivity index (χ1) is 9.61. The van der Waals surface area contributed by atoms with Gasteiger partial charge in [-0.2, -0.15) is 0 Å². The Hall–Kier alpha value is -1.42. The van der Waals surface area contributed by atoms with Crippen molar-refractivity contribution in [1.82, 2.24) is 0 Å². The van der Waals surface area contributed by atoms with Crippen LogP contribution in [0.15, 0.2) is 46.9 Å². The molecule has 1 aliphatic carbocycles. The Labute approximate surface area is 125 Å². The van der Waals surface area contributed by atoms with Crippen molar-refractivity contribution in [2.75, 3.05) is 5.32 Å². The molecule has 2 aromatic carbocycles. The zero-order chi connectivity index (χ0) is 14.1. The highest BCUT2D eigenvalue weighted by Crippen LogP contribution is 2.39. The van der Waals surface area contributed by atoms with Crippen molar-refractivity contribution < 1.29 is 8.78 Å². The average Bonchev–Trinajstić information content (AvgIpc) is 2.37. The molecule has 0 spiro atoms. The first kappa shape index (κ1) is 13.6. The average molecular weight is 338 g/mol. The van der Waals surface area contributed by atoms with E-state index in [-0.39, 0.29) is 17.7 Å². The minimum absolute atomic E-state index is 0.197. The van der Waals surface area contributed by atoms with E-state index < -0.39 is 0 Å². The lowest BCUT2D eigenvalue weighted by atomic mass is 9.76. The first-order valence-corrected chi connectivity index (χ1v) is 7.38. The van der Waals surface area contributed by atoms with Gasteiger partial charge < -0.3 is 5.32 Å². The second kappa shape index (κ2) is 5.52. The van der Waals surface area contributed by atoms with Crippen LogP contribution >= 0.6 is 15.9 Å². The van der Waals surface area contributed by atoms with E-state index in [0.29, 0.717) is 11.6 Å². The maximum atomic E-state index is 13.6. The minimum atomic E-state index is -0.248. The van der Waals surface area contributed by atoms with Gasteiger partial charge in [-0.15, -0.1) is 0 Å². The number of benzene rings is 2. The third kappa shape index (κ3) is 2.85. The maximum Gasteiger partial charge on any atom is 0.146 e. The first-order valence-electron chi connectivity index (χ1n) is 6.59. The molecule has 1 nitrogen and oxygen atoms in total. The van der Waals surface area contributed by atoms with Crippen LogP contribution in [0, 0.1) is 11.6 Å². The van der Waals surface area contributed by atoms with Gasteiger partial charge in [0.1, 0.15) is 11.6 Å². The van der Waals surface area contributed by atoms with E-state index in [0.717, 1.165) is 22.9 Å². The second-order valence-electron chi connectivity index (χ2n) is 5.19. The Morgan fingerprint density at radius 1 is 1.05 bits per heavy atom. The summed E-state index contributed by atoms with van der Waals surface area (Å²) >= 11 is 3.33. The number of nitrogens with one attached hydrogen (secondary N) is 1. The summed E-state index contributed by atoms with van der Waals surface area (Å²) in [4.78, 5) is 0. The second-order valence-corrected chi connectivity index (χ2v) is 6.10. The maximum absolute atomic E-state index is 13.6. The van der Waals surface area contributed by atoms with Gasteiger partial charge in [0, 0.05) is 10.5 Å². The summed E-state index contributed by atoms with van der Waals surface area (Å²) in [5.41, 5.74) is 1.54. The number of hydrogen-bond donors (Lipinski definition) is 1. The predicted octanol–water partition coefficient (Wildman–Crippen LogP) is 5.09. The molecular weight excluding hydrogens is 324 g/mol. The van der Waals surface area contributed by atoms with Gasteiger partial charge in [0.25, 0.3) is 0 Å². The third-order valence-electron chi connectivity index (χ3n) is 3.75. The van der Waals surface area contributed by atoms with Gasteiger partial charge in [0.05, 0.1) is 5.69 Å². The number of anilines is 1. The van der Waals surface area contributed by atoms with Gasteiger partial charge in [0.2, 0.25) is 0 Å². The summed E-state index contributed by atoms with van der Waals surface area (Å²) < 4.78 is 27.6. The molecule has 1 saturated carbocycles. The summed E-state index contributed by atoms with van der Waals surface area (Å²) in [6.45, 7) is 0. The van der Waals surface area contributed by atoms with E-state index >= 15 is 0 Å². The summed E-state index contributed by atoms with van der Waals surface area (Å²) in [6.07, 6.45) is 1.80. The Bertz CT molecular complexity index is 624. The lowest BCUT2D eigenvalue weighted by Gasteiger charge is -2.37. The number of rotatable bonds is 3. The lowest BCUT2D eigenvalue weighted by Crippen LogP contribution is -2.34. The zero-order valence-corrected chi connectivity index (χ0v) is 12.3. The molecule has 1 fully saturated rings. The highest BCUT2D eigenvalue weighted by atomic mass is 79.9. The molecule has 104 valence electrons. The quantitative estimate of drug-likeness (QED) is 0.822. The molecule has 1 aliphatic rings. The smallest absolute Gasteiger partial charge is 0.146 e. The minimum Gasteiger partial charge on any atom is -0.380 e. The molecule has 0 radical (unpaired) electrons. The Morgan fingerprint density at radius 3 is 2.60 bits per heavy atom. The van der Waals surface area contributed by atoms with Crippen molar-refractivity contribution in [3.8, 4) is 0 Å². The van der Waals surface area contributed by atoms with E-state index in [4.69, 9.17) is 0 Å². The van der Waals surface area contributed by atoms with E-state index in [2.05, 4.69) is 21.2 Å². The van der Waals surface area contributed by atoms with Crippen LogP contribution in [0.2, 0.25) is 0 Å². The number of hydrogen-bond acceptors (Lipinski definition) is 1. The van der Waals surface area contributed by atoms with Crippen LogP contribution in [0.25, 0.3) is 0 Å². The third-order valence-corrected chi connectivity index (χ3v) is 4.24. The molecular formula is C16H14BrF2N. The van der Waals surface area contributed by atoms with E-state index in [1.807, 2.05) is 6.07 Å². The fraction of sp³-hybridized carbons (Fsp3) is 0.250. The fourth-order valence-corrected chi connectivity index (χ4v) is 2.96. The van der Waals surface area contributed by atoms with Gasteiger partial charge in [0.15, 0.2) is 0 Å². The summed E-state index contributed by atoms with van der Waals surface area (Å²) in [5, 5.41) is 3.20. The van der Waals surface area contributed by atoms with E-state index in [9.17, 15) is 8.78 Å². The summed E-state index contributed by atoms with van der Waals surface area (Å²) in [6, 6.07) is 11.8. The summed E-state index contributed by atoms with van der Waals surface area (Å²) in [5.74, 6) is -0.0854. The van der Waals surface area contributed by atoms with Gasteiger partial charge in [-0.3, -0.25) is 0 Å². The normalized spacial score (nSPS) is 21.4. The topological polar surface area (TPSA) is 12.0 Å². The molecule has 0 aliphatic heterocycles. The molecule has 3 rings (SSSR count). The monoisotopic (exact) mass is 337 g/mol. The Balaban J connectivity index is 1.62. The molecule has 1 N–H and O–H groups in total. The fourth-order valence-electron chi connectivity index (χ4n) is 2.60. The molecule has 4 heteroatoms. The highest BCUT2D eigenvalue weighted by Gasteiger charge is 2.30. The van der Waals surface area contributed by atoms with Gasteiger partial charge in [-0.25, -0.2) is 8.78 Å². The van der Waals surface area contributed by atoms with Gasteiger partial charge >= 0.3 is 0 Å². The van der Waals surface area contributed by atoms with Crippen LogP contribution in [-0.4, -0.2) is 6.04 Å². The largest absolute Gasteiger partial charge is 0.380 e. The van der Waals surface area contributed by atoms with Crippen LogP contribution in [-0.2, 0) is 0 Å². The van der Waals surface area contributed by atoms with Crippen LogP contribution in [0.4, 0.5) is 14.5 Å². The van der Waals surface area contributed by atoms with Crippen LogP contribution < -0.4 is 5.32 Å². The zero-order valence-electron chi connectivity index (χ0n) is 10.7. The lowest BCUT2D eigenvalue weighted by molar-refractivity contribution is 0.371. The van der Waals surface area contributed by atoms with E-state index in [1.54, 1.807) is 24.3 Å². The standard InChI is InChI=1S/C16H14BrF2N/c17-12-4-5-15(19)16(9-12)20-14-7-11(8-14)10-2-1-3-13(18)6-10/h1-6,9,11,14,20H,7-8H2. The SMILES string of the molecule is Fc1cccc(C2CC(Nc3cc(Br)ccc3F)C2)c1. The molecule has 0 heterocycles. The van der Waals surface area contributed by atoms with Gasteiger partial charge in [-0.1, -0.05) is 28.1 Å². The molecule has 2 aromatic rings. The molecule has 0 atom stereocenters. The van der Waals surface area contributed by atoms with Crippen molar-refractivity contribution in [1.29, 1.82) is 0 Å². The van der Waals surface area contributed by atoms with Crippen molar-refractivity contribution >= 4 is 21.6 Å². The molecule has 0 unspecified atom stereocenters. The number of halogens is 3. The highest BCUT2D eigenvalue weighted by molar-refractivity contribution is 9.10. The Kier molecular flexibility index (Phi) is 3.74. The molecule has 0 aromatic heterocycles. The predicted molar refractivity (Wildman–Crippen MR) is 79.9 cm³/mol. The Morgan fingerprint density at radius 2 is 1.85 bits per heavy atom. The van der Waals surface area contributed by atoms with Crippen LogP contribution in [0.5, 0.6) is 0 Å². The molecule has 20 heavy (non-hydrogen) atoms. The van der Waals surface area contributed by atoms with Gasteiger partial charge in [-0.05, 0) is 54.7 Å². The van der Waals surface area contributed by atoms with Crippen molar-refractivity contribution in [3.63, 3.8) is 0 Å². The van der Waals surface area contributed by atoms with E-state index in [1.165, 1.54) is 12.1 Å². The van der Waals surface area contributed by atoms with Crippen LogP contribution in [0.3, 0.4) is 0 Å². The van der Waals surface area contributed by atoms with Crippen LogP contribution in [0.1, 0.15) is 24.3 Å². The molecule has 0 amide bonds. The van der Waals surface area contributed by atoms with Crippen molar-refractivity contribution in [2.24, 2.45) is 0 Å². The van der Waals surface area contributed by atoms with Crippen molar-refractivity contribution in [3.05, 3.63) is 64.1 Å². The summed E-state index contributed by atoms with van der Waals surface area (Å²) in [7, 11) is 0. The molecule has 0 saturated heterocycles.